The molecular weight excluding hydrogens is 305 g/mol. The van der Waals surface area contributed by atoms with Gasteiger partial charge in [-0.25, -0.2) is 9.37 Å². The Bertz CT molecular complexity index is 669. The van der Waals surface area contributed by atoms with E-state index < -0.39 is 0 Å². The van der Waals surface area contributed by atoms with E-state index in [1.165, 1.54) is 23.1 Å². The Hall–Kier alpha value is -1.53. The van der Waals surface area contributed by atoms with Gasteiger partial charge in [-0.15, -0.1) is 11.3 Å². The summed E-state index contributed by atoms with van der Waals surface area (Å²) in [7, 11) is 0. The van der Waals surface area contributed by atoms with E-state index in [0.717, 1.165) is 18.0 Å². The molecule has 3 rings (SSSR count). The number of anilines is 2. The molecular formula is C15H16FN3S2. The third-order valence-electron chi connectivity index (χ3n) is 3.53. The second-order valence-corrected chi connectivity index (χ2v) is 6.79. The van der Waals surface area contributed by atoms with Crippen molar-refractivity contribution in [3.8, 4) is 0 Å². The number of hydrogen-bond donors (Lipinski definition) is 2. The highest BCUT2D eigenvalue weighted by atomic mass is 32.1. The fraction of sp³-hybridized carbons (Fsp3) is 0.333. The highest BCUT2D eigenvalue weighted by molar-refractivity contribution is 7.80. The highest BCUT2D eigenvalue weighted by Crippen LogP contribution is 2.32. The fourth-order valence-electron chi connectivity index (χ4n) is 2.41. The predicted octanol–water partition coefficient (Wildman–Crippen LogP) is 4.22. The van der Waals surface area contributed by atoms with E-state index in [2.05, 4.69) is 22.5 Å². The third kappa shape index (κ3) is 3.39. The van der Waals surface area contributed by atoms with Crippen molar-refractivity contribution in [2.24, 2.45) is 5.92 Å². The molecule has 0 saturated carbocycles. The highest BCUT2D eigenvalue weighted by Gasteiger charge is 2.20. The van der Waals surface area contributed by atoms with Gasteiger partial charge in [0.2, 0.25) is 0 Å². The van der Waals surface area contributed by atoms with Crippen molar-refractivity contribution in [1.82, 2.24) is 4.98 Å². The molecule has 2 N–H and O–H groups in total. The Kier molecular flexibility index (Phi) is 4.17. The molecule has 1 unspecified atom stereocenters. The molecule has 1 aromatic heterocycles. The van der Waals surface area contributed by atoms with Crippen LogP contribution in [0.5, 0.6) is 0 Å². The summed E-state index contributed by atoms with van der Waals surface area (Å²) in [6.45, 7) is 2.26. The topological polar surface area (TPSA) is 37.0 Å². The van der Waals surface area contributed by atoms with Crippen molar-refractivity contribution in [3.05, 3.63) is 40.7 Å². The van der Waals surface area contributed by atoms with Crippen molar-refractivity contribution >= 4 is 39.5 Å². The number of nitrogens with zero attached hydrogens (tertiary/aromatic N) is 1. The molecule has 3 nitrogen and oxygen atoms in total. The molecule has 0 aliphatic heterocycles. The SMILES string of the molecule is CC1CCc2nc(NC(=S)Nc3ccccc3F)sc2C1. The van der Waals surface area contributed by atoms with Crippen LogP contribution in [-0.2, 0) is 12.8 Å². The summed E-state index contributed by atoms with van der Waals surface area (Å²) in [4.78, 5) is 5.91. The van der Waals surface area contributed by atoms with Crippen molar-refractivity contribution in [3.63, 3.8) is 0 Å². The zero-order valence-electron chi connectivity index (χ0n) is 11.6. The van der Waals surface area contributed by atoms with Crippen molar-refractivity contribution < 1.29 is 4.39 Å². The molecule has 0 amide bonds. The minimum absolute atomic E-state index is 0.325. The van der Waals surface area contributed by atoms with E-state index in [1.54, 1.807) is 29.5 Å². The Morgan fingerprint density at radius 2 is 2.19 bits per heavy atom. The molecule has 21 heavy (non-hydrogen) atoms. The maximum Gasteiger partial charge on any atom is 0.189 e. The lowest BCUT2D eigenvalue weighted by atomic mass is 9.93. The van der Waals surface area contributed by atoms with Crippen LogP contribution in [0.4, 0.5) is 15.2 Å². The van der Waals surface area contributed by atoms with Gasteiger partial charge in [-0.2, -0.15) is 0 Å². The van der Waals surface area contributed by atoms with Gasteiger partial charge in [-0.05, 0) is 49.5 Å². The van der Waals surface area contributed by atoms with Crippen LogP contribution in [0.2, 0.25) is 0 Å². The zero-order chi connectivity index (χ0) is 14.8. The molecule has 1 heterocycles. The molecule has 0 radical (unpaired) electrons. The fourth-order valence-corrected chi connectivity index (χ4v) is 3.85. The lowest BCUT2D eigenvalue weighted by Crippen LogP contribution is -2.19. The Morgan fingerprint density at radius 3 is 3.00 bits per heavy atom. The second kappa shape index (κ2) is 6.07. The predicted molar refractivity (Wildman–Crippen MR) is 89.5 cm³/mol. The van der Waals surface area contributed by atoms with Gasteiger partial charge in [-0.3, -0.25) is 0 Å². The average Bonchev–Trinajstić information content (AvgIpc) is 2.82. The lowest BCUT2D eigenvalue weighted by molar-refractivity contribution is 0.502. The lowest BCUT2D eigenvalue weighted by Gasteiger charge is -2.15. The standard InChI is InChI=1S/C15H16FN3S2/c1-9-6-7-12-13(8-9)21-15(18-12)19-14(20)17-11-5-3-2-4-10(11)16/h2-5,9H,6-8H2,1H3,(H2,17,18,19,20). The van der Waals surface area contributed by atoms with Crippen LogP contribution in [0.1, 0.15) is 23.9 Å². The largest absolute Gasteiger partial charge is 0.330 e. The van der Waals surface area contributed by atoms with Crippen LogP contribution in [0.3, 0.4) is 0 Å². The summed E-state index contributed by atoms with van der Waals surface area (Å²) in [5.41, 5.74) is 1.54. The molecule has 0 spiro atoms. The van der Waals surface area contributed by atoms with Crippen molar-refractivity contribution in [1.29, 1.82) is 0 Å². The molecule has 1 atom stereocenters. The molecule has 0 saturated heterocycles. The number of hydrogen-bond acceptors (Lipinski definition) is 3. The number of nitrogens with one attached hydrogen (secondary N) is 2. The summed E-state index contributed by atoms with van der Waals surface area (Å²) in [6, 6.07) is 6.46. The van der Waals surface area contributed by atoms with Crippen LogP contribution in [0.25, 0.3) is 0 Å². The number of aromatic nitrogens is 1. The molecule has 1 aliphatic carbocycles. The van der Waals surface area contributed by atoms with Gasteiger partial charge in [0.25, 0.3) is 0 Å². The van der Waals surface area contributed by atoms with Gasteiger partial charge in [0, 0.05) is 4.88 Å². The zero-order valence-corrected chi connectivity index (χ0v) is 13.3. The molecule has 6 heteroatoms. The molecule has 110 valence electrons. The molecule has 0 bridgehead atoms. The van der Waals surface area contributed by atoms with Gasteiger partial charge >= 0.3 is 0 Å². The van der Waals surface area contributed by atoms with E-state index in [0.29, 0.717) is 16.7 Å². The van der Waals surface area contributed by atoms with E-state index in [-0.39, 0.29) is 5.82 Å². The molecule has 2 aromatic rings. The summed E-state index contributed by atoms with van der Waals surface area (Å²) in [5, 5.41) is 7.05. The number of benzene rings is 1. The summed E-state index contributed by atoms with van der Waals surface area (Å²) < 4.78 is 13.6. The number of halogens is 1. The Morgan fingerprint density at radius 1 is 1.38 bits per heavy atom. The number of para-hydroxylation sites is 1. The van der Waals surface area contributed by atoms with Gasteiger partial charge in [0.15, 0.2) is 10.2 Å². The first-order valence-corrected chi connectivity index (χ1v) is 8.15. The first-order chi connectivity index (χ1) is 10.1. The molecule has 1 aromatic carbocycles. The summed E-state index contributed by atoms with van der Waals surface area (Å²) in [6.07, 6.45) is 3.30. The Balaban J connectivity index is 1.67. The van der Waals surface area contributed by atoms with Crippen molar-refractivity contribution in [2.45, 2.75) is 26.2 Å². The van der Waals surface area contributed by atoms with Crippen LogP contribution in [0, 0.1) is 11.7 Å². The number of thiocarbonyl (C=S) groups is 1. The maximum atomic E-state index is 13.6. The summed E-state index contributed by atoms with van der Waals surface area (Å²) in [5.74, 6) is 0.392. The summed E-state index contributed by atoms with van der Waals surface area (Å²) >= 11 is 6.86. The minimum Gasteiger partial charge on any atom is -0.330 e. The average molecular weight is 321 g/mol. The number of rotatable bonds is 2. The first kappa shape index (κ1) is 14.4. The van der Waals surface area contributed by atoms with Gasteiger partial charge in [0.1, 0.15) is 5.82 Å². The number of aryl methyl sites for hydroxylation is 1. The van der Waals surface area contributed by atoms with Crippen LogP contribution >= 0.6 is 23.6 Å². The normalized spacial score (nSPS) is 17.1. The first-order valence-electron chi connectivity index (χ1n) is 6.93. The van der Waals surface area contributed by atoms with Crippen LogP contribution in [0.15, 0.2) is 24.3 Å². The van der Waals surface area contributed by atoms with E-state index >= 15 is 0 Å². The number of fused-ring (bicyclic) bond motifs is 1. The molecule has 0 fully saturated rings. The Labute approximate surface area is 132 Å². The van der Waals surface area contributed by atoms with E-state index in [1.807, 2.05) is 0 Å². The van der Waals surface area contributed by atoms with Gasteiger partial charge in [0.05, 0.1) is 11.4 Å². The maximum absolute atomic E-state index is 13.6. The smallest absolute Gasteiger partial charge is 0.189 e. The minimum atomic E-state index is -0.325. The number of thiazole rings is 1. The molecule has 1 aliphatic rings. The van der Waals surface area contributed by atoms with E-state index in [4.69, 9.17) is 12.2 Å². The third-order valence-corrected chi connectivity index (χ3v) is 4.77. The van der Waals surface area contributed by atoms with Crippen LogP contribution < -0.4 is 10.6 Å². The van der Waals surface area contributed by atoms with Gasteiger partial charge < -0.3 is 10.6 Å². The second-order valence-electron chi connectivity index (χ2n) is 5.30. The van der Waals surface area contributed by atoms with Crippen LogP contribution in [-0.4, -0.2) is 10.1 Å². The van der Waals surface area contributed by atoms with Crippen molar-refractivity contribution in [2.75, 3.05) is 10.6 Å². The quantitative estimate of drug-likeness (QED) is 0.812. The van der Waals surface area contributed by atoms with E-state index in [9.17, 15) is 4.39 Å². The monoisotopic (exact) mass is 321 g/mol. The van der Waals surface area contributed by atoms with Gasteiger partial charge in [-0.1, -0.05) is 19.1 Å².